The van der Waals surface area contributed by atoms with Crippen molar-refractivity contribution in [3.63, 3.8) is 0 Å². The van der Waals surface area contributed by atoms with Gasteiger partial charge in [-0.1, -0.05) is 23.2 Å². The molecule has 0 bridgehead atoms. The zero-order valence-corrected chi connectivity index (χ0v) is 9.76. The molecule has 0 spiro atoms. The van der Waals surface area contributed by atoms with Crippen LogP contribution in [0.4, 0.5) is 10.5 Å². The maximum absolute atomic E-state index is 11.4. The fourth-order valence-corrected chi connectivity index (χ4v) is 1.44. The summed E-state index contributed by atoms with van der Waals surface area (Å²) in [5.74, 6) is 0. The fraction of sp³-hybridized carbons (Fsp3) is 0.222. The van der Waals surface area contributed by atoms with Crippen molar-refractivity contribution < 1.29 is 9.63 Å². The Bertz CT molecular complexity index is 351. The molecule has 4 nitrogen and oxygen atoms in total. The number of nitrogens with zero attached hydrogens (tertiary/aromatic N) is 1. The summed E-state index contributed by atoms with van der Waals surface area (Å²) in [7, 11) is 2.88. The van der Waals surface area contributed by atoms with Gasteiger partial charge in [-0.15, -0.1) is 0 Å². The number of rotatable bonds is 2. The molecule has 6 heteroatoms. The number of carbonyl (C=O) groups is 1. The molecule has 1 aromatic rings. The number of hydrogen-bond donors (Lipinski definition) is 1. The van der Waals surface area contributed by atoms with Crippen molar-refractivity contribution in [3.8, 4) is 0 Å². The van der Waals surface area contributed by atoms with Gasteiger partial charge in [0.15, 0.2) is 0 Å². The highest BCUT2D eigenvalue weighted by atomic mass is 35.5. The van der Waals surface area contributed by atoms with E-state index in [1.54, 1.807) is 18.2 Å². The Labute approximate surface area is 97.7 Å². The van der Waals surface area contributed by atoms with Gasteiger partial charge in [-0.2, -0.15) is 0 Å². The quantitative estimate of drug-likeness (QED) is 0.818. The zero-order chi connectivity index (χ0) is 11.4. The molecule has 0 unspecified atom stereocenters. The van der Waals surface area contributed by atoms with Crippen LogP contribution in [-0.2, 0) is 4.84 Å². The van der Waals surface area contributed by atoms with E-state index < -0.39 is 6.03 Å². The molecule has 1 aromatic carbocycles. The van der Waals surface area contributed by atoms with Gasteiger partial charge in [0.2, 0.25) is 0 Å². The second-order valence-electron chi connectivity index (χ2n) is 2.77. The Balaban J connectivity index is 2.76. The summed E-state index contributed by atoms with van der Waals surface area (Å²) in [5, 5.41) is 4.53. The number of amides is 2. The molecule has 1 rings (SSSR count). The third-order valence-electron chi connectivity index (χ3n) is 1.67. The van der Waals surface area contributed by atoms with Gasteiger partial charge in [0.25, 0.3) is 0 Å². The Morgan fingerprint density at radius 3 is 2.33 bits per heavy atom. The largest absolute Gasteiger partial charge is 0.345 e. The number of benzene rings is 1. The smallest absolute Gasteiger partial charge is 0.306 e. The van der Waals surface area contributed by atoms with Crippen molar-refractivity contribution >= 4 is 34.9 Å². The number of carbonyl (C=O) groups excluding carboxylic acids is 1. The fourth-order valence-electron chi connectivity index (χ4n) is 0.911. The Morgan fingerprint density at radius 2 is 1.87 bits per heavy atom. The SMILES string of the molecule is CON(C)C(=O)Nc1cc(Cl)cc(Cl)c1. The number of hydrogen-bond acceptors (Lipinski definition) is 2. The van der Waals surface area contributed by atoms with Crippen molar-refractivity contribution in [1.82, 2.24) is 5.06 Å². The first kappa shape index (κ1) is 12.1. The minimum Gasteiger partial charge on any atom is -0.306 e. The first-order valence-electron chi connectivity index (χ1n) is 4.08. The average molecular weight is 249 g/mol. The summed E-state index contributed by atoms with van der Waals surface area (Å²) in [5.41, 5.74) is 0.515. The van der Waals surface area contributed by atoms with E-state index in [2.05, 4.69) is 5.32 Å². The van der Waals surface area contributed by atoms with Crippen molar-refractivity contribution in [2.75, 3.05) is 19.5 Å². The van der Waals surface area contributed by atoms with E-state index in [1.165, 1.54) is 14.2 Å². The summed E-state index contributed by atoms with van der Waals surface area (Å²) >= 11 is 11.5. The van der Waals surface area contributed by atoms with Gasteiger partial charge in [0, 0.05) is 22.8 Å². The predicted molar refractivity (Wildman–Crippen MR) is 60.3 cm³/mol. The van der Waals surface area contributed by atoms with Crippen LogP contribution < -0.4 is 5.32 Å². The lowest BCUT2D eigenvalue weighted by Crippen LogP contribution is -2.30. The van der Waals surface area contributed by atoms with Crippen LogP contribution in [0.5, 0.6) is 0 Å². The van der Waals surface area contributed by atoms with E-state index in [9.17, 15) is 4.79 Å². The highest BCUT2D eigenvalue weighted by molar-refractivity contribution is 6.35. The van der Waals surface area contributed by atoms with Crippen molar-refractivity contribution in [2.24, 2.45) is 0 Å². The molecule has 82 valence electrons. The maximum atomic E-state index is 11.4. The second-order valence-corrected chi connectivity index (χ2v) is 3.64. The predicted octanol–water partition coefficient (Wildman–Crippen LogP) is 3.02. The van der Waals surface area contributed by atoms with Gasteiger partial charge < -0.3 is 5.32 Å². The van der Waals surface area contributed by atoms with Crippen molar-refractivity contribution in [3.05, 3.63) is 28.2 Å². The van der Waals surface area contributed by atoms with Gasteiger partial charge in [0.1, 0.15) is 0 Å². The van der Waals surface area contributed by atoms with Gasteiger partial charge in [-0.3, -0.25) is 4.84 Å². The standard InChI is InChI=1S/C9H10Cl2N2O2/c1-13(15-2)9(14)12-8-4-6(10)3-7(11)5-8/h3-5H,1-2H3,(H,12,14). The number of anilines is 1. The summed E-state index contributed by atoms with van der Waals surface area (Å²) in [6, 6.07) is 4.36. The minimum absolute atomic E-state index is 0.407. The molecule has 0 saturated carbocycles. The molecule has 15 heavy (non-hydrogen) atoms. The summed E-state index contributed by atoms with van der Waals surface area (Å²) in [6.45, 7) is 0. The number of halogens is 2. The molecule has 0 heterocycles. The molecule has 0 aliphatic heterocycles. The molecule has 0 saturated heterocycles. The Kier molecular flexibility index (Phi) is 4.20. The molecule has 1 N–H and O–H groups in total. The molecular formula is C9H10Cl2N2O2. The van der Waals surface area contributed by atoms with Gasteiger partial charge in [-0.25, -0.2) is 9.86 Å². The van der Waals surface area contributed by atoms with Crippen LogP contribution in [0.1, 0.15) is 0 Å². The summed E-state index contributed by atoms with van der Waals surface area (Å²) < 4.78 is 0. The van der Waals surface area contributed by atoms with E-state index in [-0.39, 0.29) is 0 Å². The number of urea groups is 1. The minimum atomic E-state index is -0.407. The van der Waals surface area contributed by atoms with Gasteiger partial charge in [0.05, 0.1) is 7.11 Å². The van der Waals surface area contributed by atoms with Crippen LogP contribution in [0.2, 0.25) is 10.0 Å². The first-order valence-corrected chi connectivity index (χ1v) is 4.83. The Hall–Kier alpha value is -0.970. The third-order valence-corrected chi connectivity index (χ3v) is 2.11. The molecule has 0 aliphatic rings. The van der Waals surface area contributed by atoms with E-state index in [0.717, 1.165) is 5.06 Å². The molecule has 0 atom stereocenters. The zero-order valence-electron chi connectivity index (χ0n) is 8.25. The van der Waals surface area contributed by atoms with Crippen LogP contribution in [-0.4, -0.2) is 25.3 Å². The number of nitrogens with one attached hydrogen (secondary N) is 1. The van der Waals surface area contributed by atoms with Crippen LogP contribution in [0.3, 0.4) is 0 Å². The summed E-state index contributed by atoms with van der Waals surface area (Å²) in [4.78, 5) is 16.1. The van der Waals surface area contributed by atoms with Gasteiger partial charge >= 0.3 is 6.03 Å². The molecule has 0 aromatic heterocycles. The molecular weight excluding hydrogens is 239 g/mol. The molecule has 0 radical (unpaired) electrons. The lowest BCUT2D eigenvalue weighted by molar-refractivity contribution is -0.0598. The monoisotopic (exact) mass is 248 g/mol. The molecule has 0 aliphatic carbocycles. The summed E-state index contributed by atoms with van der Waals surface area (Å²) in [6.07, 6.45) is 0. The molecule has 0 fully saturated rings. The van der Waals surface area contributed by atoms with Crippen LogP contribution in [0.15, 0.2) is 18.2 Å². The van der Waals surface area contributed by atoms with Gasteiger partial charge in [-0.05, 0) is 18.2 Å². The molecule has 2 amide bonds. The van der Waals surface area contributed by atoms with Crippen molar-refractivity contribution in [2.45, 2.75) is 0 Å². The lowest BCUT2D eigenvalue weighted by atomic mass is 10.3. The van der Waals surface area contributed by atoms with Crippen LogP contribution >= 0.6 is 23.2 Å². The average Bonchev–Trinajstić information content (AvgIpc) is 2.14. The van der Waals surface area contributed by atoms with Crippen molar-refractivity contribution in [1.29, 1.82) is 0 Å². The van der Waals surface area contributed by atoms with E-state index >= 15 is 0 Å². The van der Waals surface area contributed by atoms with Crippen LogP contribution in [0, 0.1) is 0 Å². The topological polar surface area (TPSA) is 41.6 Å². The first-order chi connectivity index (χ1) is 7.02. The maximum Gasteiger partial charge on any atom is 0.345 e. The highest BCUT2D eigenvalue weighted by Crippen LogP contribution is 2.22. The van der Waals surface area contributed by atoms with E-state index in [1.807, 2.05) is 0 Å². The highest BCUT2D eigenvalue weighted by Gasteiger charge is 2.08. The van der Waals surface area contributed by atoms with Crippen LogP contribution in [0.25, 0.3) is 0 Å². The van der Waals surface area contributed by atoms with E-state index in [0.29, 0.717) is 15.7 Å². The lowest BCUT2D eigenvalue weighted by Gasteiger charge is -2.14. The third kappa shape index (κ3) is 3.58. The second kappa shape index (κ2) is 5.21. The normalized spacial score (nSPS) is 9.87. The number of hydroxylamine groups is 2. The Morgan fingerprint density at radius 1 is 1.33 bits per heavy atom. The van der Waals surface area contributed by atoms with E-state index in [4.69, 9.17) is 28.0 Å².